The Balaban J connectivity index is 1.19. The molecule has 0 radical (unpaired) electrons. The van der Waals surface area contributed by atoms with Crippen LogP contribution in [0.4, 0.5) is 0 Å². The van der Waals surface area contributed by atoms with Crippen molar-refractivity contribution in [1.82, 2.24) is 20.2 Å². The van der Waals surface area contributed by atoms with Gasteiger partial charge in [0.25, 0.3) is 0 Å². The fourth-order valence-corrected chi connectivity index (χ4v) is 16.6. The van der Waals surface area contributed by atoms with Gasteiger partial charge in [-0.3, -0.25) is 57.6 Å². The summed E-state index contributed by atoms with van der Waals surface area (Å²) in [4.78, 5) is 126. The second-order valence-electron chi connectivity index (χ2n) is 27.1. The summed E-state index contributed by atoms with van der Waals surface area (Å²) < 4.78 is 32.3. The molecule has 15 atom stereocenters. The third-order valence-electron chi connectivity index (χ3n) is 20.6. The maximum atomic E-state index is 14.4. The molecule has 17 N–H and O–H groups in total. The molecule has 0 saturated carbocycles. The Hall–Kier alpha value is -7.00. The van der Waals surface area contributed by atoms with E-state index in [9.17, 15) is 53.2 Å². The molecule has 8 rings (SSSR count). The van der Waals surface area contributed by atoms with Gasteiger partial charge in [0.1, 0.15) is 18.3 Å². The van der Waals surface area contributed by atoms with Gasteiger partial charge in [0.15, 0.2) is 6.23 Å². The zero-order valence-corrected chi connectivity index (χ0v) is 54.1. The number of aliphatic hydroxyl groups is 2. The number of benzene rings is 1. The number of rotatable bonds is 26. The van der Waals surface area contributed by atoms with Crippen molar-refractivity contribution in [3.63, 3.8) is 0 Å². The molecule has 7 amide bonds. The Labute approximate surface area is 523 Å². The second kappa shape index (κ2) is 25.6. The van der Waals surface area contributed by atoms with Gasteiger partial charge in [0, 0.05) is 131 Å². The Morgan fingerprint density at radius 2 is 1.40 bits per heavy atom. The number of carbonyl (C=O) groups excluding carboxylic acids is 7. The average molecular weight is 1270 g/mol. The summed E-state index contributed by atoms with van der Waals surface area (Å²) >= 11 is 0. The van der Waals surface area contributed by atoms with Crippen molar-refractivity contribution in [2.75, 3.05) is 13.2 Å². The highest BCUT2D eigenvalue weighted by molar-refractivity contribution is 7.47. The summed E-state index contributed by atoms with van der Waals surface area (Å²) in [6.07, 6.45) is -4.26. The number of aliphatic imine (C=N–C) groups is 3. The summed E-state index contributed by atoms with van der Waals surface area (Å²) in [5.74, 6) is -7.18. The summed E-state index contributed by atoms with van der Waals surface area (Å²) in [7, 11) is -5.07. The first kappa shape index (κ1) is 68.9. The van der Waals surface area contributed by atoms with Gasteiger partial charge in [-0.15, -0.1) is 0 Å². The normalized spacial score (nSPS) is 34.2. The van der Waals surface area contributed by atoms with Crippen molar-refractivity contribution in [3.8, 4) is 0 Å². The molecule has 8 bridgehead atoms. The third-order valence-corrected chi connectivity index (χ3v) is 21.7. The van der Waals surface area contributed by atoms with E-state index in [1.165, 1.54) is 13.3 Å². The van der Waals surface area contributed by atoms with Gasteiger partial charge in [-0.2, -0.15) is 0 Å². The van der Waals surface area contributed by atoms with Crippen molar-refractivity contribution < 1.29 is 67.0 Å². The zero-order valence-electron chi connectivity index (χ0n) is 53.3. The number of aliphatic hydroxyl groups excluding tert-OH is 2. The van der Waals surface area contributed by atoms with Crippen LogP contribution in [0, 0.1) is 59.2 Å². The van der Waals surface area contributed by atoms with Gasteiger partial charge < -0.3 is 69.4 Å². The van der Waals surface area contributed by atoms with Crippen LogP contribution in [0.2, 0.25) is 0 Å². The standard InChI is InChI=1S/C62H90N13O14P/c1-29-20-39-40(21-30(29)2)75(28-70-39)57-52(84)53(41(27-76)87-57)89-90(85,86)88-31(3)26-69-49(83)18-19-59(8)37(22-46(66)80)56-62(11)61(10,25-48(68)82)36(14-17-45(65)79)51(74-62)33(5)55-60(9,24-47(67)81)34(12-15-43(63)77)38(71-55)23-42-58(6,7)35(13-16-44(64)78)50(72-42)32(4)54(59)73-56/h20-21,23,28,31,34-37,41,52-53,56-57,71,76,84H,12-19,22,24-27H2,1-11H3,(H2,63,77)(H2,64,78)(H2,65,79)(H2,66,80)(H2,67,81)(H2,68,82)(H,69,83)(H,85,86)/b38-23-,50-32-,55-33-/t31?,34-,35-,36-,37?,41-,52-,53-,56?,57+,59-,60+,61+,62?/m1/s1. The van der Waals surface area contributed by atoms with E-state index >= 15 is 0 Å². The molecule has 0 spiro atoms. The van der Waals surface area contributed by atoms with E-state index in [-0.39, 0.29) is 77.2 Å². The number of phosphoric ester groups is 1. The lowest BCUT2D eigenvalue weighted by Crippen LogP contribution is -2.56. The van der Waals surface area contributed by atoms with Crippen LogP contribution in [0.5, 0.6) is 0 Å². The van der Waals surface area contributed by atoms with E-state index in [2.05, 4.69) is 15.6 Å². The van der Waals surface area contributed by atoms with Gasteiger partial charge >= 0.3 is 7.82 Å². The summed E-state index contributed by atoms with van der Waals surface area (Å²) in [6, 6.07) is 2.70. The highest BCUT2D eigenvalue weighted by Crippen LogP contribution is 2.63. The Morgan fingerprint density at radius 1 is 0.800 bits per heavy atom. The number of fused-ring (bicyclic) bond motifs is 7. The van der Waals surface area contributed by atoms with Crippen molar-refractivity contribution in [2.45, 2.75) is 189 Å². The number of primary amides is 6. The number of nitrogens with zero attached hydrogens (tertiary/aromatic N) is 5. The fourth-order valence-electron chi connectivity index (χ4n) is 15.4. The molecule has 492 valence electrons. The minimum absolute atomic E-state index is 0.0114. The van der Waals surface area contributed by atoms with Crippen LogP contribution in [-0.2, 0) is 51.9 Å². The number of allylic oxidation sites excluding steroid dienone is 6. The summed E-state index contributed by atoms with van der Waals surface area (Å²) in [5.41, 5.74) is 37.4. The average Bonchev–Trinajstić information content (AvgIpc) is 1.53. The van der Waals surface area contributed by atoms with Gasteiger partial charge in [-0.05, 0) is 108 Å². The van der Waals surface area contributed by atoms with E-state index < -0.39 is 143 Å². The molecule has 6 aliphatic rings. The Kier molecular flexibility index (Phi) is 19.6. The Bertz CT molecular complexity index is 3540. The second-order valence-corrected chi connectivity index (χ2v) is 28.4. The predicted octanol–water partition coefficient (Wildman–Crippen LogP) is 3.16. The van der Waals surface area contributed by atoms with Gasteiger partial charge in [0.2, 0.25) is 41.4 Å². The van der Waals surface area contributed by atoms with Crippen LogP contribution in [-0.4, -0.2) is 132 Å². The highest BCUT2D eigenvalue weighted by atomic mass is 31.2. The number of ether oxygens (including phenoxy) is 1. The number of aryl methyl sites for hydroxylation is 2. The van der Waals surface area contributed by atoms with E-state index in [0.29, 0.717) is 56.4 Å². The molecule has 0 aliphatic carbocycles. The minimum atomic E-state index is -5.07. The maximum absolute atomic E-state index is 14.4. The number of amides is 7. The maximum Gasteiger partial charge on any atom is 0.472 e. The first-order valence-electron chi connectivity index (χ1n) is 30.6. The number of imidazole rings is 1. The number of hydrogen-bond donors (Lipinski definition) is 11. The van der Waals surface area contributed by atoms with E-state index in [1.807, 2.05) is 87.4 Å². The van der Waals surface area contributed by atoms with Crippen LogP contribution in [0.15, 0.2) is 67.8 Å². The minimum Gasteiger partial charge on any atom is -0.394 e. The van der Waals surface area contributed by atoms with Crippen LogP contribution in [0.1, 0.15) is 150 Å². The third kappa shape index (κ3) is 13.0. The van der Waals surface area contributed by atoms with Crippen molar-refractivity contribution >= 4 is 77.3 Å². The quantitative estimate of drug-likeness (QED) is 0.0603. The molecule has 28 heteroatoms. The lowest BCUT2D eigenvalue weighted by molar-refractivity contribution is -0.124. The van der Waals surface area contributed by atoms with Crippen LogP contribution in [0.3, 0.4) is 0 Å². The van der Waals surface area contributed by atoms with Crippen LogP contribution < -0.4 is 45.0 Å². The van der Waals surface area contributed by atoms with Crippen molar-refractivity contribution in [1.29, 1.82) is 0 Å². The topological polar surface area (TPSA) is 460 Å². The molecular weight excluding hydrogens is 1180 g/mol. The molecular formula is C62H90N13O14P. The van der Waals surface area contributed by atoms with Gasteiger partial charge in [-0.1, -0.05) is 34.6 Å². The number of nitrogens with two attached hydrogens (primary N) is 6. The molecule has 2 saturated heterocycles. The number of phosphoric acid groups is 1. The number of nitrogens with one attached hydrogen (secondary N) is 2. The van der Waals surface area contributed by atoms with Crippen molar-refractivity contribution in [2.24, 2.45) is 94.7 Å². The number of hydrogen-bond acceptors (Lipinski definition) is 18. The molecule has 1 aromatic carbocycles. The summed E-state index contributed by atoms with van der Waals surface area (Å²) in [5, 5.41) is 28.2. The highest BCUT2D eigenvalue weighted by Gasteiger charge is 2.66. The number of aromatic nitrogens is 2. The lowest BCUT2D eigenvalue weighted by Gasteiger charge is -2.48. The fraction of sp³-hybridized carbons (Fsp3) is 0.629. The SMILES string of the molecule is C/C1=C2N=C(/C=C3\N/C(=C(/C)C4=NC(C)(C5N=C1[C@](C)(CCC(=O)NCC(C)OP(=O)(O)O[C@H]1[C@@H](O)[C@@H](n6cnc7cc(C)c(C)cc76)O[C@@H]1CO)C5CC(N)=O)[C@@](C)(CC(N)=O)[C@@H]4CCC(N)=O)[C@@](C)(CC(N)=O)[C@@H]3CCC(N)=O)C(C)(C)[C@@H]/2CCC(N)=O. The molecule has 27 nitrogen and oxygen atoms in total. The predicted molar refractivity (Wildman–Crippen MR) is 334 cm³/mol. The Morgan fingerprint density at radius 3 is 1.99 bits per heavy atom. The number of carbonyl (C=O) groups is 7. The zero-order chi connectivity index (χ0) is 66.7. The van der Waals surface area contributed by atoms with Crippen LogP contribution in [0.25, 0.3) is 11.0 Å². The van der Waals surface area contributed by atoms with Gasteiger partial charge in [0.05, 0.1) is 41.7 Å². The largest absolute Gasteiger partial charge is 0.472 e. The van der Waals surface area contributed by atoms with Crippen molar-refractivity contribution in [3.05, 3.63) is 63.9 Å². The summed E-state index contributed by atoms with van der Waals surface area (Å²) in [6.45, 7) is 19.3. The lowest BCUT2D eigenvalue weighted by atomic mass is 9.55. The van der Waals surface area contributed by atoms with E-state index in [4.69, 9.17) is 63.2 Å². The molecule has 6 aliphatic heterocycles. The van der Waals surface area contributed by atoms with Gasteiger partial charge in [-0.25, -0.2) is 9.55 Å². The molecule has 2 fully saturated rings. The van der Waals surface area contributed by atoms with E-state index in [1.54, 1.807) is 4.57 Å². The molecule has 2 aromatic rings. The van der Waals surface area contributed by atoms with E-state index in [0.717, 1.165) is 11.1 Å². The van der Waals surface area contributed by atoms with Crippen LogP contribution >= 0.6 is 7.82 Å². The first-order valence-corrected chi connectivity index (χ1v) is 32.1. The molecule has 5 unspecified atom stereocenters. The smallest absolute Gasteiger partial charge is 0.394 e. The molecule has 90 heavy (non-hydrogen) atoms. The molecule has 7 heterocycles. The first-order chi connectivity index (χ1) is 41.8. The monoisotopic (exact) mass is 1270 g/mol. The molecule has 1 aromatic heterocycles.